The maximum atomic E-state index is 12.5. The van der Waals surface area contributed by atoms with E-state index in [-0.39, 0.29) is 16.8 Å². The molecule has 1 unspecified atom stereocenters. The van der Waals surface area contributed by atoms with E-state index in [2.05, 4.69) is 5.32 Å². The summed E-state index contributed by atoms with van der Waals surface area (Å²) in [7, 11) is -3.52. The summed E-state index contributed by atoms with van der Waals surface area (Å²) in [5, 5.41) is 2.60. The van der Waals surface area contributed by atoms with Crippen LogP contribution in [0.5, 0.6) is 0 Å². The molecule has 1 fully saturated rings. The lowest BCUT2D eigenvalue weighted by Crippen LogP contribution is -2.46. The monoisotopic (exact) mass is 298 g/mol. The first kappa shape index (κ1) is 15.0. The van der Waals surface area contributed by atoms with Gasteiger partial charge in [0.1, 0.15) is 0 Å². The number of hydrogen-bond acceptors (Lipinski definition) is 4. The number of ether oxygens (including phenoxy) is 1. The van der Waals surface area contributed by atoms with Gasteiger partial charge in [-0.2, -0.15) is 4.31 Å². The molecule has 1 saturated heterocycles. The standard InChI is InChI=1S/C13H18N2O4S/c1-10-9-19-8-7-15(10)20(17,18)13-5-3-12(4-6-13)14-11(2)16/h3-6,10H,7-9H2,1-2H3,(H,14,16). The minimum absolute atomic E-state index is 0.177. The van der Waals surface area contributed by atoms with Crippen molar-refractivity contribution in [3.05, 3.63) is 24.3 Å². The smallest absolute Gasteiger partial charge is 0.243 e. The van der Waals surface area contributed by atoms with Gasteiger partial charge in [0.2, 0.25) is 15.9 Å². The van der Waals surface area contributed by atoms with Crippen molar-refractivity contribution >= 4 is 21.6 Å². The summed E-state index contributed by atoms with van der Waals surface area (Å²) in [5.41, 5.74) is 0.575. The number of nitrogens with zero attached hydrogens (tertiary/aromatic N) is 1. The molecule has 0 aromatic heterocycles. The van der Waals surface area contributed by atoms with Crippen LogP contribution < -0.4 is 5.32 Å². The van der Waals surface area contributed by atoms with Gasteiger partial charge in [0, 0.05) is 25.2 Å². The highest BCUT2D eigenvalue weighted by Gasteiger charge is 2.31. The van der Waals surface area contributed by atoms with Crippen molar-refractivity contribution in [1.82, 2.24) is 4.31 Å². The molecule has 20 heavy (non-hydrogen) atoms. The van der Waals surface area contributed by atoms with Gasteiger partial charge >= 0.3 is 0 Å². The number of morpholine rings is 1. The normalized spacial score (nSPS) is 20.6. The van der Waals surface area contributed by atoms with Crippen LogP contribution in [0.4, 0.5) is 5.69 Å². The van der Waals surface area contributed by atoms with E-state index in [9.17, 15) is 13.2 Å². The SMILES string of the molecule is CC(=O)Nc1ccc(S(=O)(=O)N2CCOCC2C)cc1. The van der Waals surface area contributed by atoms with Gasteiger partial charge in [-0.1, -0.05) is 0 Å². The summed E-state index contributed by atoms with van der Waals surface area (Å²) in [4.78, 5) is 11.2. The molecule has 1 aliphatic heterocycles. The third kappa shape index (κ3) is 3.17. The summed E-state index contributed by atoms with van der Waals surface area (Å²) in [6, 6.07) is 5.99. The van der Waals surface area contributed by atoms with Gasteiger partial charge in [-0.05, 0) is 31.2 Å². The Labute approximate surface area is 118 Å². The first-order valence-electron chi connectivity index (χ1n) is 6.38. The van der Waals surface area contributed by atoms with Crippen LogP contribution in [0.3, 0.4) is 0 Å². The van der Waals surface area contributed by atoms with Crippen molar-refractivity contribution in [1.29, 1.82) is 0 Å². The largest absolute Gasteiger partial charge is 0.378 e. The number of nitrogens with one attached hydrogen (secondary N) is 1. The van der Waals surface area contributed by atoms with Gasteiger partial charge < -0.3 is 10.1 Å². The molecule has 1 heterocycles. The van der Waals surface area contributed by atoms with Crippen molar-refractivity contribution in [2.45, 2.75) is 24.8 Å². The maximum absolute atomic E-state index is 12.5. The van der Waals surface area contributed by atoms with Crippen molar-refractivity contribution < 1.29 is 17.9 Å². The van der Waals surface area contributed by atoms with Crippen LogP contribution in [0.15, 0.2) is 29.2 Å². The number of amides is 1. The molecule has 1 atom stereocenters. The van der Waals surface area contributed by atoms with Crippen molar-refractivity contribution in [2.75, 3.05) is 25.1 Å². The molecule has 1 N–H and O–H groups in total. The van der Waals surface area contributed by atoms with Gasteiger partial charge in [0.25, 0.3) is 0 Å². The average Bonchev–Trinajstić information content (AvgIpc) is 2.39. The van der Waals surface area contributed by atoms with Crippen LogP contribution in [-0.4, -0.2) is 44.4 Å². The number of carbonyl (C=O) groups excluding carboxylic acids is 1. The second-order valence-corrected chi connectivity index (χ2v) is 6.64. The van der Waals surface area contributed by atoms with E-state index >= 15 is 0 Å². The molecule has 1 amide bonds. The molecule has 1 aromatic rings. The number of benzene rings is 1. The van der Waals surface area contributed by atoms with Crippen LogP contribution in [-0.2, 0) is 19.6 Å². The number of hydrogen-bond donors (Lipinski definition) is 1. The van der Waals surface area contributed by atoms with Crippen LogP contribution >= 0.6 is 0 Å². The Morgan fingerprint density at radius 2 is 2.00 bits per heavy atom. The Kier molecular flexibility index (Phi) is 4.42. The summed E-state index contributed by atoms with van der Waals surface area (Å²) >= 11 is 0. The zero-order valence-electron chi connectivity index (χ0n) is 11.5. The second-order valence-electron chi connectivity index (χ2n) is 4.75. The zero-order valence-corrected chi connectivity index (χ0v) is 12.3. The van der Waals surface area contributed by atoms with Crippen LogP contribution in [0, 0.1) is 0 Å². The predicted molar refractivity (Wildman–Crippen MR) is 74.9 cm³/mol. The average molecular weight is 298 g/mol. The van der Waals surface area contributed by atoms with E-state index in [0.717, 1.165) is 0 Å². The fourth-order valence-corrected chi connectivity index (χ4v) is 3.72. The van der Waals surface area contributed by atoms with E-state index in [1.165, 1.54) is 23.4 Å². The molecular weight excluding hydrogens is 280 g/mol. The van der Waals surface area contributed by atoms with Gasteiger partial charge in [0.05, 0.1) is 18.1 Å². The molecule has 1 aliphatic rings. The van der Waals surface area contributed by atoms with E-state index in [4.69, 9.17) is 4.74 Å². The van der Waals surface area contributed by atoms with Gasteiger partial charge in [0.15, 0.2) is 0 Å². The molecule has 0 aliphatic carbocycles. The Hall–Kier alpha value is -1.44. The Morgan fingerprint density at radius 3 is 2.55 bits per heavy atom. The molecule has 0 bridgehead atoms. The van der Waals surface area contributed by atoms with Crippen molar-refractivity contribution in [3.8, 4) is 0 Å². The predicted octanol–water partition coefficient (Wildman–Crippen LogP) is 1.05. The fraction of sp³-hybridized carbons (Fsp3) is 0.462. The van der Waals surface area contributed by atoms with E-state index < -0.39 is 10.0 Å². The Bertz CT molecular complexity index is 583. The third-order valence-corrected chi connectivity index (χ3v) is 5.12. The van der Waals surface area contributed by atoms with Crippen LogP contribution in [0.25, 0.3) is 0 Å². The molecule has 110 valence electrons. The van der Waals surface area contributed by atoms with Gasteiger partial charge in [-0.15, -0.1) is 0 Å². The highest BCUT2D eigenvalue weighted by molar-refractivity contribution is 7.89. The number of rotatable bonds is 3. The van der Waals surface area contributed by atoms with Crippen molar-refractivity contribution in [3.63, 3.8) is 0 Å². The highest BCUT2D eigenvalue weighted by Crippen LogP contribution is 2.22. The van der Waals surface area contributed by atoms with E-state index in [1.807, 2.05) is 6.92 Å². The molecule has 0 spiro atoms. The summed E-state index contributed by atoms with van der Waals surface area (Å²) in [6.45, 7) is 4.40. The summed E-state index contributed by atoms with van der Waals surface area (Å²) in [6.07, 6.45) is 0. The van der Waals surface area contributed by atoms with Crippen LogP contribution in [0.2, 0.25) is 0 Å². The second kappa shape index (κ2) is 5.90. The van der Waals surface area contributed by atoms with E-state index in [1.54, 1.807) is 12.1 Å². The lowest BCUT2D eigenvalue weighted by atomic mass is 10.3. The van der Waals surface area contributed by atoms with E-state index in [0.29, 0.717) is 25.4 Å². The first-order chi connectivity index (χ1) is 9.41. The Morgan fingerprint density at radius 1 is 1.35 bits per heavy atom. The highest BCUT2D eigenvalue weighted by atomic mass is 32.2. The maximum Gasteiger partial charge on any atom is 0.243 e. The molecular formula is C13H18N2O4S. The first-order valence-corrected chi connectivity index (χ1v) is 7.82. The Balaban J connectivity index is 2.23. The molecule has 0 radical (unpaired) electrons. The minimum Gasteiger partial charge on any atom is -0.378 e. The number of carbonyl (C=O) groups is 1. The van der Waals surface area contributed by atoms with Gasteiger partial charge in [-0.25, -0.2) is 8.42 Å². The number of anilines is 1. The zero-order chi connectivity index (χ0) is 14.8. The molecule has 6 nitrogen and oxygen atoms in total. The molecule has 2 rings (SSSR count). The molecule has 1 aromatic carbocycles. The summed E-state index contributed by atoms with van der Waals surface area (Å²) < 4.78 is 31.7. The van der Waals surface area contributed by atoms with Gasteiger partial charge in [-0.3, -0.25) is 4.79 Å². The number of sulfonamides is 1. The topological polar surface area (TPSA) is 75.7 Å². The fourth-order valence-electron chi connectivity index (χ4n) is 2.12. The lowest BCUT2D eigenvalue weighted by Gasteiger charge is -2.32. The molecule has 7 heteroatoms. The van der Waals surface area contributed by atoms with Crippen molar-refractivity contribution in [2.24, 2.45) is 0 Å². The minimum atomic E-state index is -3.52. The summed E-state index contributed by atoms with van der Waals surface area (Å²) in [5.74, 6) is -0.192. The lowest BCUT2D eigenvalue weighted by molar-refractivity contribution is -0.114. The molecule has 0 saturated carbocycles. The van der Waals surface area contributed by atoms with Crippen LogP contribution in [0.1, 0.15) is 13.8 Å². The third-order valence-electron chi connectivity index (χ3n) is 3.09. The quantitative estimate of drug-likeness (QED) is 0.905.